The molecule has 0 bridgehead atoms. The van der Waals surface area contributed by atoms with Crippen LogP contribution in [0, 0.1) is 13.8 Å². The third-order valence-electron chi connectivity index (χ3n) is 3.68. The largest absolute Gasteiger partial charge is 0.496 e. The Morgan fingerprint density at radius 2 is 2.25 bits per heavy atom. The molecule has 1 aromatic heterocycles. The SMILES string of the molecule is COc1c(C)cnc(CN2C(=O)CCC2C(=O)O)c1C. The van der Waals surface area contributed by atoms with Crippen LogP contribution in [0.1, 0.15) is 29.7 Å². The van der Waals surface area contributed by atoms with Gasteiger partial charge in [0.2, 0.25) is 5.91 Å². The first-order valence-corrected chi connectivity index (χ1v) is 6.47. The zero-order valence-corrected chi connectivity index (χ0v) is 11.8. The molecule has 0 radical (unpaired) electrons. The first kappa shape index (κ1) is 14.3. The van der Waals surface area contributed by atoms with Crippen LogP contribution in [0.4, 0.5) is 0 Å². The van der Waals surface area contributed by atoms with Gasteiger partial charge >= 0.3 is 5.97 Å². The number of methoxy groups -OCH3 is 1. The lowest BCUT2D eigenvalue weighted by Gasteiger charge is -2.22. The van der Waals surface area contributed by atoms with Gasteiger partial charge in [0.25, 0.3) is 0 Å². The fraction of sp³-hybridized carbons (Fsp3) is 0.500. The van der Waals surface area contributed by atoms with Crippen molar-refractivity contribution < 1.29 is 19.4 Å². The molecule has 0 aromatic carbocycles. The summed E-state index contributed by atoms with van der Waals surface area (Å²) in [7, 11) is 1.58. The molecular formula is C14H18N2O4. The highest BCUT2D eigenvalue weighted by Crippen LogP contribution is 2.27. The molecule has 1 unspecified atom stereocenters. The van der Waals surface area contributed by atoms with Crippen LogP contribution in [0.3, 0.4) is 0 Å². The van der Waals surface area contributed by atoms with E-state index in [0.29, 0.717) is 12.1 Å². The Labute approximate surface area is 117 Å². The highest BCUT2D eigenvalue weighted by Gasteiger charge is 2.36. The molecule has 1 atom stereocenters. The average molecular weight is 278 g/mol. The van der Waals surface area contributed by atoms with E-state index in [0.717, 1.165) is 16.9 Å². The van der Waals surface area contributed by atoms with Crippen LogP contribution in [0.2, 0.25) is 0 Å². The summed E-state index contributed by atoms with van der Waals surface area (Å²) in [5.41, 5.74) is 2.43. The van der Waals surface area contributed by atoms with E-state index in [9.17, 15) is 9.59 Å². The fourth-order valence-corrected chi connectivity index (χ4v) is 2.58. The van der Waals surface area contributed by atoms with Crippen molar-refractivity contribution in [3.63, 3.8) is 0 Å². The van der Waals surface area contributed by atoms with Crippen LogP contribution >= 0.6 is 0 Å². The van der Waals surface area contributed by atoms with Crippen LogP contribution in [0.25, 0.3) is 0 Å². The van der Waals surface area contributed by atoms with Gasteiger partial charge in [-0.1, -0.05) is 0 Å². The summed E-state index contributed by atoms with van der Waals surface area (Å²) in [4.78, 5) is 28.7. The Bertz CT molecular complexity index is 556. The van der Waals surface area contributed by atoms with Gasteiger partial charge in [0.05, 0.1) is 19.3 Å². The van der Waals surface area contributed by atoms with Crippen molar-refractivity contribution in [2.45, 2.75) is 39.3 Å². The average Bonchev–Trinajstić information content (AvgIpc) is 2.75. The lowest BCUT2D eigenvalue weighted by molar-refractivity contribution is -0.146. The number of aromatic nitrogens is 1. The molecule has 0 aliphatic carbocycles. The van der Waals surface area contributed by atoms with Gasteiger partial charge in [-0.05, 0) is 20.3 Å². The number of likely N-dealkylation sites (tertiary alicyclic amines) is 1. The number of amides is 1. The Kier molecular flexibility index (Phi) is 3.92. The van der Waals surface area contributed by atoms with Gasteiger partial charge in [0, 0.05) is 23.7 Å². The number of hydrogen-bond donors (Lipinski definition) is 1. The highest BCUT2D eigenvalue weighted by molar-refractivity contribution is 5.87. The number of ether oxygens (including phenoxy) is 1. The number of carbonyl (C=O) groups is 2. The molecule has 1 amide bonds. The maximum atomic E-state index is 11.8. The molecule has 1 aliphatic rings. The van der Waals surface area contributed by atoms with E-state index >= 15 is 0 Å². The number of carbonyl (C=O) groups excluding carboxylic acids is 1. The molecule has 1 fully saturated rings. The molecule has 1 N–H and O–H groups in total. The van der Waals surface area contributed by atoms with Gasteiger partial charge in [-0.2, -0.15) is 0 Å². The van der Waals surface area contributed by atoms with E-state index in [2.05, 4.69) is 4.98 Å². The van der Waals surface area contributed by atoms with E-state index < -0.39 is 12.0 Å². The van der Waals surface area contributed by atoms with Gasteiger partial charge in [0.15, 0.2) is 0 Å². The standard InChI is InChI=1S/C14H18N2O4/c1-8-6-15-10(9(2)13(8)20-3)7-16-11(14(18)19)4-5-12(16)17/h6,11H,4-5,7H2,1-3H3,(H,18,19). The zero-order valence-electron chi connectivity index (χ0n) is 11.8. The monoisotopic (exact) mass is 278 g/mol. The maximum Gasteiger partial charge on any atom is 0.326 e. The maximum absolute atomic E-state index is 11.8. The molecule has 0 saturated carbocycles. The van der Waals surface area contributed by atoms with Crippen molar-refractivity contribution in [3.8, 4) is 5.75 Å². The molecule has 20 heavy (non-hydrogen) atoms. The van der Waals surface area contributed by atoms with Crippen molar-refractivity contribution in [3.05, 3.63) is 23.0 Å². The van der Waals surface area contributed by atoms with Crippen LogP contribution in [-0.4, -0.2) is 40.0 Å². The van der Waals surface area contributed by atoms with E-state index in [-0.39, 0.29) is 18.9 Å². The van der Waals surface area contributed by atoms with Gasteiger partial charge in [-0.15, -0.1) is 0 Å². The predicted molar refractivity (Wildman–Crippen MR) is 71.5 cm³/mol. The van der Waals surface area contributed by atoms with Crippen LogP contribution in [-0.2, 0) is 16.1 Å². The molecule has 1 saturated heterocycles. The first-order chi connectivity index (χ1) is 9.45. The quantitative estimate of drug-likeness (QED) is 0.897. The van der Waals surface area contributed by atoms with Crippen molar-refractivity contribution in [1.29, 1.82) is 0 Å². The van der Waals surface area contributed by atoms with Crippen LogP contribution in [0.5, 0.6) is 5.75 Å². The molecule has 6 heteroatoms. The van der Waals surface area contributed by atoms with Gasteiger partial charge < -0.3 is 14.7 Å². The lowest BCUT2D eigenvalue weighted by Crippen LogP contribution is -2.38. The Balaban J connectivity index is 2.30. The second kappa shape index (κ2) is 5.48. The minimum absolute atomic E-state index is 0.141. The Morgan fingerprint density at radius 3 is 2.85 bits per heavy atom. The van der Waals surface area contributed by atoms with Gasteiger partial charge in [0.1, 0.15) is 11.8 Å². The summed E-state index contributed by atoms with van der Waals surface area (Å²) < 4.78 is 5.32. The summed E-state index contributed by atoms with van der Waals surface area (Å²) >= 11 is 0. The van der Waals surface area contributed by atoms with Crippen molar-refractivity contribution >= 4 is 11.9 Å². The molecule has 108 valence electrons. The fourth-order valence-electron chi connectivity index (χ4n) is 2.58. The van der Waals surface area contributed by atoms with E-state index in [1.54, 1.807) is 13.3 Å². The number of carboxylic acids is 1. The molecule has 2 rings (SSSR count). The van der Waals surface area contributed by atoms with Crippen LogP contribution < -0.4 is 4.74 Å². The van der Waals surface area contributed by atoms with Crippen molar-refractivity contribution in [2.75, 3.05) is 7.11 Å². The van der Waals surface area contributed by atoms with E-state index in [4.69, 9.17) is 9.84 Å². The topological polar surface area (TPSA) is 79.7 Å². The minimum atomic E-state index is -0.965. The number of hydrogen-bond acceptors (Lipinski definition) is 4. The molecule has 1 aromatic rings. The lowest BCUT2D eigenvalue weighted by atomic mass is 10.1. The number of nitrogens with zero attached hydrogens (tertiary/aromatic N) is 2. The normalized spacial score (nSPS) is 18.4. The number of pyridine rings is 1. The smallest absolute Gasteiger partial charge is 0.326 e. The van der Waals surface area contributed by atoms with E-state index in [1.807, 2.05) is 13.8 Å². The number of aliphatic carboxylic acids is 1. The second-order valence-corrected chi connectivity index (χ2v) is 4.96. The third kappa shape index (κ3) is 2.45. The molecule has 0 spiro atoms. The summed E-state index contributed by atoms with van der Waals surface area (Å²) in [5.74, 6) is -0.376. The van der Waals surface area contributed by atoms with Crippen molar-refractivity contribution in [1.82, 2.24) is 9.88 Å². The number of rotatable bonds is 4. The Morgan fingerprint density at radius 1 is 1.55 bits per heavy atom. The second-order valence-electron chi connectivity index (χ2n) is 4.96. The van der Waals surface area contributed by atoms with Crippen molar-refractivity contribution in [2.24, 2.45) is 0 Å². The summed E-state index contributed by atoms with van der Waals surface area (Å²) in [6, 6.07) is -0.754. The highest BCUT2D eigenvalue weighted by atomic mass is 16.5. The Hall–Kier alpha value is -2.11. The summed E-state index contributed by atoms with van der Waals surface area (Å²) in [6.45, 7) is 3.96. The molecular weight excluding hydrogens is 260 g/mol. The minimum Gasteiger partial charge on any atom is -0.496 e. The van der Waals surface area contributed by atoms with Gasteiger partial charge in [-0.25, -0.2) is 4.79 Å². The third-order valence-corrected chi connectivity index (χ3v) is 3.68. The zero-order chi connectivity index (χ0) is 14.9. The molecule has 2 heterocycles. The number of aryl methyl sites for hydroxylation is 1. The summed E-state index contributed by atoms with van der Waals surface area (Å²) in [6.07, 6.45) is 2.31. The summed E-state index contributed by atoms with van der Waals surface area (Å²) in [5, 5.41) is 9.15. The molecule has 6 nitrogen and oxygen atoms in total. The van der Waals surface area contributed by atoms with Crippen LogP contribution in [0.15, 0.2) is 6.20 Å². The van der Waals surface area contributed by atoms with E-state index in [1.165, 1.54) is 4.90 Å². The number of carboxylic acid groups (broad SMARTS) is 1. The predicted octanol–water partition coefficient (Wildman–Crippen LogP) is 1.28. The first-order valence-electron chi connectivity index (χ1n) is 6.47. The molecule has 1 aliphatic heterocycles. The van der Waals surface area contributed by atoms with Gasteiger partial charge in [-0.3, -0.25) is 9.78 Å².